The Morgan fingerprint density at radius 2 is 2.00 bits per heavy atom. The number of fused-ring (bicyclic) bond motifs is 2. The highest BCUT2D eigenvalue weighted by molar-refractivity contribution is 5.27. The molecule has 0 aliphatic carbocycles. The molecule has 0 N–H and O–H groups in total. The molecule has 3 aliphatic heterocycles. The van der Waals surface area contributed by atoms with Crippen LogP contribution in [0.3, 0.4) is 0 Å². The molecular formula is C7H8N. The number of nitrogens with zero attached hydrogens (tertiary/aromatic N) is 1. The van der Waals surface area contributed by atoms with E-state index in [0.29, 0.717) is 0 Å². The molecule has 8 heavy (non-hydrogen) atoms. The Kier molecular flexibility index (Phi) is 0.754. The first-order chi connectivity index (χ1) is 3.95. The van der Waals surface area contributed by atoms with Gasteiger partial charge in [0.25, 0.3) is 0 Å². The van der Waals surface area contributed by atoms with Crippen molar-refractivity contribution in [2.45, 2.75) is 12.8 Å². The van der Waals surface area contributed by atoms with Crippen molar-refractivity contribution in [3.8, 4) is 12.0 Å². The molecule has 0 atom stereocenters. The van der Waals surface area contributed by atoms with Gasteiger partial charge in [0.1, 0.15) is 0 Å². The summed E-state index contributed by atoms with van der Waals surface area (Å²) >= 11 is 0. The fourth-order valence-corrected chi connectivity index (χ4v) is 1.17. The van der Waals surface area contributed by atoms with Crippen LogP contribution in [-0.4, -0.2) is 18.0 Å². The Hall–Kier alpha value is -0.640. The lowest BCUT2D eigenvalue weighted by Crippen LogP contribution is -2.32. The lowest BCUT2D eigenvalue weighted by molar-refractivity contribution is 0.341. The third-order valence-electron chi connectivity index (χ3n) is 1.76. The van der Waals surface area contributed by atoms with Gasteiger partial charge in [0, 0.05) is 19.1 Å². The number of hydrogen-bond donors (Lipinski definition) is 0. The third-order valence-corrected chi connectivity index (χ3v) is 1.76. The van der Waals surface area contributed by atoms with Gasteiger partial charge in [0.15, 0.2) is 0 Å². The van der Waals surface area contributed by atoms with Crippen molar-refractivity contribution in [1.82, 2.24) is 4.90 Å². The van der Waals surface area contributed by atoms with Crippen LogP contribution in [0.1, 0.15) is 12.8 Å². The second-order valence-corrected chi connectivity index (χ2v) is 2.33. The average Bonchev–Trinajstić information content (AvgIpc) is 1.92. The van der Waals surface area contributed by atoms with Crippen LogP contribution >= 0.6 is 0 Å². The average molecular weight is 106 g/mol. The van der Waals surface area contributed by atoms with E-state index < -0.39 is 0 Å². The van der Waals surface area contributed by atoms with Crippen LogP contribution in [0.25, 0.3) is 0 Å². The minimum Gasteiger partial charge on any atom is -0.333 e. The number of piperidine rings is 1. The van der Waals surface area contributed by atoms with Crippen molar-refractivity contribution < 1.29 is 0 Å². The van der Waals surface area contributed by atoms with Crippen LogP contribution in [0.15, 0.2) is 0 Å². The molecule has 0 aromatic heterocycles. The highest BCUT2D eigenvalue weighted by atomic mass is 15.1. The summed E-state index contributed by atoms with van der Waals surface area (Å²) in [7, 11) is 0. The van der Waals surface area contributed by atoms with Gasteiger partial charge in [-0.25, -0.2) is 0 Å². The lowest BCUT2D eigenvalue weighted by atomic mass is 9.95. The maximum absolute atomic E-state index is 3.11. The lowest BCUT2D eigenvalue weighted by Gasteiger charge is -2.29. The van der Waals surface area contributed by atoms with Crippen molar-refractivity contribution in [2.24, 2.45) is 0 Å². The Labute approximate surface area is 49.7 Å². The van der Waals surface area contributed by atoms with Gasteiger partial charge in [-0.05, 0) is 12.8 Å². The Bertz CT molecular complexity index is 128. The van der Waals surface area contributed by atoms with Gasteiger partial charge >= 0.3 is 0 Å². The number of rotatable bonds is 0. The molecule has 0 amide bonds. The fourth-order valence-electron chi connectivity index (χ4n) is 1.17. The van der Waals surface area contributed by atoms with Crippen LogP contribution in [0.5, 0.6) is 0 Å². The van der Waals surface area contributed by atoms with E-state index in [0.717, 1.165) is 0 Å². The summed E-state index contributed by atoms with van der Waals surface area (Å²) in [5.41, 5.74) is 0. The Balaban J connectivity index is 2.27. The predicted octanol–water partition coefficient (Wildman–Crippen LogP) is 0.631. The first-order valence-electron chi connectivity index (χ1n) is 3.06. The summed E-state index contributed by atoms with van der Waals surface area (Å²) < 4.78 is 0. The second kappa shape index (κ2) is 1.42. The van der Waals surface area contributed by atoms with E-state index in [2.05, 4.69) is 16.9 Å². The highest BCUT2D eigenvalue weighted by Crippen LogP contribution is 2.20. The molecule has 0 saturated carbocycles. The highest BCUT2D eigenvalue weighted by Gasteiger charge is 2.19. The quantitative estimate of drug-likeness (QED) is 0.409. The summed E-state index contributed by atoms with van der Waals surface area (Å²) in [6, 6.07) is 3.06. The van der Waals surface area contributed by atoms with Crippen molar-refractivity contribution in [3.05, 3.63) is 5.92 Å². The summed E-state index contributed by atoms with van der Waals surface area (Å²) in [5, 5.41) is 0. The molecular weight excluding hydrogens is 98.1 g/mol. The monoisotopic (exact) mass is 106 g/mol. The van der Waals surface area contributed by atoms with Crippen LogP contribution in [0.4, 0.5) is 0 Å². The van der Waals surface area contributed by atoms with Gasteiger partial charge in [-0.1, -0.05) is 5.92 Å². The molecule has 0 aromatic carbocycles. The SMILES string of the molecule is C1#CN2CC[C]1CC2. The molecule has 3 rings (SSSR count). The summed E-state index contributed by atoms with van der Waals surface area (Å²) in [6.07, 6.45) is 2.46. The van der Waals surface area contributed by atoms with E-state index in [4.69, 9.17) is 0 Å². The normalized spacial score (nSPS) is 25.2. The topological polar surface area (TPSA) is 3.24 Å². The van der Waals surface area contributed by atoms with Crippen molar-refractivity contribution in [3.63, 3.8) is 0 Å². The molecule has 1 saturated heterocycles. The van der Waals surface area contributed by atoms with Crippen LogP contribution in [0, 0.1) is 17.9 Å². The minimum atomic E-state index is 1.18. The van der Waals surface area contributed by atoms with Gasteiger partial charge in [-0.3, -0.25) is 0 Å². The molecule has 2 bridgehead atoms. The second-order valence-electron chi connectivity index (χ2n) is 2.33. The van der Waals surface area contributed by atoms with E-state index in [-0.39, 0.29) is 0 Å². The third kappa shape index (κ3) is 0.494. The summed E-state index contributed by atoms with van der Waals surface area (Å²) in [4.78, 5) is 2.20. The zero-order chi connectivity index (χ0) is 5.40. The minimum absolute atomic E-state index is 1.18. The van der Waals surface area contributed by atoms with Crippen molar-refractivity contribution >= 4 is 0 Å². The smallest absolute Gasteiger partial charge is 0.0534 e. The largest absolute Gasteiger partial charge is 0.333 e. The van der Waals surface area contributed by atoms with E-state index in [9.17, 15) is 0 Å². The first kappa shape index (κ1) is 4.26. The van der Waals surface area contributed by atoms with Crippen LogP contribution in [0.2, 0.25) is 0 Å². The predicted molar refractivity (Wildman–Crippen MR) is 31.8 cm³/mol. The summed E-state index contributed by atoms with van der Waals surface area (Å²) in [5.74, 6) is 4.58. The van der Waals surface area contributed by atoms with E-state index in [1.54, 1.807) is 0 Å². The van der Waals surface area contributed by atoms with Gasteiger partial charge < -0.3 is 4.90 Å². The molecule has 0 unspecified atom stereocenters. The van der Waals surface area contributed by atoms with Crippen LogP contribution in [-0.2, 0) is 0 Å². The molecule has 1 nitrogen and oxygen atoms in total. The number of hydrogen-bond acceptors (Lipinski definition) is 1. The zero-order valence-corrected chi connectivity index (χ0v) is 4.78. The molecule has 1 radical (unpaired) electrons. The summed E-state index contributed by atoms with van der Waals surface area (Å²) in [6.45, 7) is 2.37. The molecule has 3 aliphatic rings. The first-order valence-corrected chi connectivity index (χ1v) is 3.06. The van der Waals surface area contributed by atoms with Crippen LogP contribution < -0.4 is 0 Å². The van der Waals surface area contributed by atoms with Crippen molar-refractivity contribution in [1.29, 1.82) is 0 Å². The molecule has 0 aromatic rings. The molecule has 1 heteroatoms. The molecule has 1 fully saturated rings. The van der Waals surface area contributed by atoms with Gasteiger partial charge in [0.2, 0.25) is 0 Å². The van der Waals surface area contributed by atoms with Gasteiger partial charge in [0.05, 0.1) is 5.92 Å². The van der Waals surface area contributed by atoms with E-state index in [1.807, 2.05) is 0 Å². The fraction of sp³-hybridized carbons (Fsp3) is 0.571. The molecule has 41 valence electrons. The van der Waals surface area contributed by atoms with E-state index in [1.165, 1.54) is 31.8 Å². The van der Waals surface area contributed by atoms with Gasteiger partial charge in [-0.2, -0.15) is 0 Å². The Morgan fingerprint density at radius 1 is 1.25 bits per heavy atom. The van der Waals surface area contributed by atoms with Gasteiger partial charge in [-0.15, -0.1) is 0 Å². The van der Waals surface area contributed by atoms with Crippen molar-refractivity contribution in [2.75, 3.05) is 13.1 Å². The maximum atomic E-state index is 3.11. The zero-order valence-electron chi connectivity index (χ0n) is 4.78. The standard InChI is InChI=1S/C7H8N/c1-4-8-5-2-7(1)3-6-8/h1-2,4-5H2. The molecule has 3 heterocycles. The maximum Gasteiger partial charge on any atom is 0.0534 e. The Morgan fingerprint density at radius 3 is 2.12 bits per heavy atom. The molecule has 0 spiro atoms. The van der Waals surface area contributed by atoms with E-state index >= 15 is 0 Å².